The highest BCUT2D eigenvalue weighted by molar-refractivity contribution is 7.86. The van der Waals surface area contributed by atoms with Crippen LogP contribution in [0.1, 0.15) is 11.1 Å². The van der Waals surface area contributed by atoms with Gasteiger partial charge in [-0.05, 0) is 60.7 Å². The fourth-order valence-electron chi connectivity index (χ4n) is 3.10. The van der Waals surface area contributed by atoms with Gasteiger partial charge in [-0.3, -0.25) is 4.55 Å². The molecule has 0 aliphatic rings. The van der Waals surface area contributed by atoms with E-state index in [1.807, 2.05) is 13.0 Å². The van der Waals surface area contributed by atoms with Crippen LogP contribution in [0.5, 0.6) is 11.5 Å². The Morgan fingerprint density at radius 3 is 2.38 bits per heavy atom. The Hall–Kier alpha value is -3.17. The maximum absolute atomic E-state index is 12.0. The molecule has 152 valence electrons. The number of nitrogens with zero attached hydrogens (tertiary/aromatic N) is 2. The predicted octanol–water partition coefficient (Wildman–Crippen LogP) is 4.87. The lowest BCUT2D eigenvalue weighted by molar-refractivity contribution is 0.414. The van der Waals surface area contributed by atoms with Crippen LogP contribution in [0.25, 0.3) is 10.8 Å². The normalized spacial score (nSPS) is 11.9. The van der Waals surface area contributed by atoms with E-state index in [4.69, 9.17) is 4.74 Å². The van der Waals surface area contributed by atoms with Gasteiger partial charge < -0.3 is 15.2 Å². The summed E-state index contributed by atoms with van der Waals surface area (Å²) in [5, 5.41) is 22.7. The van der Waals surface area contributed by atoms with Crippen LogP contribution in [-0.4, -0.2) is 32.2 Å². The number of ether oxygens (including phenoxy) is 1. The van der Waals surface area contributed by atoms with Crippen molar-refractivity contribution in [1.82, 2.24) is 0 Å². The molecule has 0 unspecified atom stereocenters. The molecule has 3 rings (SSSR count). The summed E-state index contributed by atoms with van der Waals surface area (Å²) in [4.78, 5) is -0.523. The number of phenolic OH excluding ortho intramolecular Hbond substituents is 1. The smallest absolute Gasteiger partial charge is 0.296 e. The molecule has 0 atom stereocenters. The lowest BCUT2D eigenvalue weighted by atomic mass is 10.0. The number of hydrogen-bond acceptors (Lipinski definition) is 7. The van der Waals surface area contributed by atoms with E-state index >= 15 is 0 Å². The third kappa shape index (κ3) is 4.01. The van der Waals surface area contributed by atoms with Crippen LogP contribution in [0.15, 0.2) is 51.5 Å². The summed E-state index contributed by atoms with van der Waals surface area (Å²) in [7, 11) is -1.43. The second-order valence-corrected chi connectivity index (χ2v) is 7.95. The van der Waals surface area contributed by atoms with Crippen LogP contribution in [0.2, 0.25) is 0 Å². The number of anilines is 1. The Morgan fingerprint density at radius 2 is 1.79 bits per heavy atom. The Balaban J connectivity index is 2.28. The van der Waals surface area contributed by atoms with Crippen LogP contribution >= 0.6 is 0 Å². The SMILES string of the molecule is CNc1cc(C)cc2cc(S(=O)(=O)O)c(N=Nc3ccc(OC)cc3C)c(O)c12. The van der Waals surface area contributed by atoms with Gasteiger partial charge in [-0.25, -0.2) is 0 Å². The van der Waals surface area contributed by atoms with Crippen molar-refractivity contribution in [2.75, 3.05) is 19.5 Å². The molecule has 3 N–H and O–H groups in total. The number of azo groups is 1. The van der Waals surface area contributed by atoms with Crippen molar-refractivity contribution in [3.05, 3.63) is 47.5 Å². The van der Waals surface area contributed by atoms with Gasteiger partial charge in [0.2, 0.25) is 0 Å². The van der Waals surface area contributed by atoms with E-state index < -0.39 is 20.8 Å². The van der Waals surface area contributed by atoms with E-state index in [-0.39, 0.29) is 5.69 Å². The summed E-state index contributed by atoms with van der Waals surface area (Å²) >= 11 is 0. The highest BCUT2D eigenvalue weighted by Crippen LogP contribution is 2.44. The van der Waals surface area contributed by atoms with Crippen molar-refractivity contribution in [2.45, 2.75) is 18.7 Å². The van der Waals surface area contributed by atoms with Gasteiger partial charge in [-0.2, -0.15) is 13.5 Å². The largest absolute Gasteiger partial charge is 0.505 e. The van der Waals surface area contributed by atoms with Crippen LogP contribution in [-0.2, 0) is 10.1 Å². The third-order valence-corrected chi connectivity index (χ3v) is 5.37. The first-order chi connectivity index (χ1) is 13.7. The molecule has 3 aromatic rings. The van der Waals surface area contributed by atoms with Gasteiger partial charge in [0.25, 0.3) is 10.1 Å². The first-order valence-corrected chi connectivity index (χ1v) is 10.1. The van der Waals surface area contributed by atoms with Crippen molar-refractivity contribution in [1.29, 1.82) is 0 Å². The van der Waals surface area contributed by atoms with Crippen LogP contribution in [0.3, 0.4) is 0 Å². The molecule has 0 saturated heterocycles. The molecular weight excluding hydrogens is 394 g/mol. The molecule has 0 amide bonds. The van der Waals surface area contributed by atoms with Gasteiger partial charge in [-0.1, -0.05) is 6.07 Å². The minimum atomic E-state index is -4.66. The minimum Gasteiger partial charge on any atom is -0.505 e. The van der Waals surface area contributed by atoms with Crippen molar-refractivity contribution < 1.29 is 22.8 Å². The van der Waals surface area contributed by atoms with Crippen LogP contribution in [0.4, 0.5) is 17.1 Å². The maximum Gasteiger partial charge on any atom is 0.296 e. The molecule has 8 nitrogen and oxygen atoms in total. The molecule has 0 saturated carbocycles. The highest BCUT2D eigenvalue weighted by atomic mass is 32.2. The molecular formula is C20H21N3O5S. The van der Waals surface area contributed by atoms with E-state index in [1.165, 1.54) is 6.07 Å². The number of benzene rings is 3. The number of fused-ring (bicyclic) bond motifs is 1. The number of hydrogen-bond donors (Lipinski definition) is 3. The van der Waals surface area contributed by atoms with Gasteiger partial charge >= 0.3 is 0 Å². The van der Waals surface area contributed by atoms with E-state index in [0.717, 1.165) is 11.1 Å². The number of methoxy groups -OCH3 is 1. The van der Waals surface area contributed by atoms with Crippen molar-refractivity contribution in [2.24, 2.45) is 10.2 Å². The van der Waals surface area contributed by atoms with Crippen LogP contribution < -0.4 is 10.1 Å². The summed E-state index contributed by atoms with van der Waals surface area (Å²) in [5.74, 6) is 0.247. The third-order valence-electron chi connectivity index (χ3n) is 4.50. The van der Waals surface area contributed by atoms with Gasteiger partial charge in [-0.15, -0.1) is 5.11 Å². The van der Waals surface area contributed by atoms with E-state index in [0.29, 0.717) is 27.9 Å². The van der Waals surface area contributed by atoms with Crippen molar-refractivity contribution in [3.63, 3.8) is 0 Å². The van der Waals surface area contributed by atoms with Gasteiger partial charge in [0, 0.05) is 18.1 Å². The van der Waals surface area contributed by atoms with E-state index in [1.54, 1.807) is 45.3 Å². The molecule has 0 radical (unpaired) electrons. The molecule has 0 spiro atoms. The van der Waals surface area contributed by atoms with Crippen molar-refractivity contribution in [3.8, 4) is 11.5 Å². The lowest BCUT2D eigenvalue weighted by Crippen LogP contribution is -2.00. The minimum absolute atomic E-state index is 0.337. The number of aryl methyl sites for hydroxylation is 2. The maximum atomic E-state index is 12.0. The Labute approximate surface area is 168 Å². The van der Waals surface area contributed by atoms with Crippen molar-refractivity contribution >= 4 is 38.0 Å². The second kappa shape index (κ2) is 7.69. The fourth-order valence-corrected chi connectivity index (χ4v) is 3.76. The molecule has 9 heteroatoms. The fraction of sp³-hybridized carbons (Fsp3) is 0.200. The molecule has 29 heavy (non-hydrogen) atoms. The average Bonchev–Trinajstić information content (AvgIpc) is 2.66. The monoisotopic (exact) mass is 415 g/mol. The summed E-state index contributed by atoms with van der Waals surface area (Å²) < 4.78 is 38.8. The molecule has 0 bridgehead atoms. The lowest BCUT2D eigenvalue weighted by Gasteiger charge is -2.13. The first kappa shape index (κ1) is 20.6. The zero-order chi connectivity index (χ0) is 21.3. The van der Waals surface area contributed by atoms with E-state index in [9.17, 15) is 18.1 Å². The first-order valence-electron chi connectivity index (χ1n) is 8.67. The molecule has 0 heterocycles. The van der Waals surface area contributed by atoms with Gasteiger partial charge in [0.15, 0.2) is 5.75 Å². The Kier molecular flexibility index (Phi) is 5.45. The zero-order valence-electron chi connectivity index (χ0n) is 16.4. The number of aromatic hydroxyl groups is 1. The summed E-state index contributed by atoms with van der Waals surface area (Å²) in [6.45, 7) is 3.63. The molecule has 3 aromatic carbocycles. The molecule has 0 aliphatic carbocycles. The standard InChI is InChI=1S/C20H21N3O5S/c1-11-7-13-10-17(29(25,26)27)19(20(24)18(13)16(8-11)21-3)23-22-15-6-5-14(28-4)9-12(15)2/h5-10,21,24H,1-4H3,(H,25,26,27). The average molecular weight is 415 g/mol. The number of phenols is 1. The summed E-state index contributed by atoms with van der Waals surface area (Å²) in [6.07, 6.45) is 0. The quantitative estimate of drug-likeness (QED) is 0.404. The summed E-state index contributed by atoms with van der Waals surface area (Å²) in [5.41, 5.74) is 2.32. The zero-order valence-corrected chi connectivity index (χ0v) is 17.2. The summed E-state index contributed by atoms with van der Waals surface area (Å²) in [6, 6.07) is 9.88. The number of rotatable bonds is 5. The predicted molar refractivity (Wildman–Crippen MR) is 112 cm³/mol. The van der Waals surface area contributed by atoms with Gasteiger partial charge in [0.05, 0.1) is 12.8 Å². The molecule has 0 aliphatic heterocycles. The molecule has 0 aromatic heterocycles. The molecule has 0 fully saturated rings. The Bertz CT molecular complexity index is 1240. The van der Waals surface area contributed by atoms with Crippen LogP contribution in [0, 0.1) is 13.8 Å². The highest BCUT2D eigenvalue weighted by Gasteiger charge is 2.23. The topological polar surface area (TPSA) is 121 Å². The number of nitrogens with one attached hydrogen (secondary N) is 1. The second-order valence-electron chi connectivity index (χ2n) is 6.56. The van der Waals surface area contributed by atoms with Gasteiger partial charge in [0.1, 0.15) is 16.3 Å². The Morgan fingerprint density at radius 1 is 1.07 bits per heavy atom. The van der Waals surface area contributed by atoms with E-state index in [2.05, 4.69) is 15.5 Å².